The van der Waals surface area contributed by atoms with Gasteiger partial charge in [-0.05, 0) is 31.5 Å². The van der Waals surface area contributed by atoms with E-state index in [2.05, 4.69) is 18.7 Å². The first kappa shape index (κ1) is 13.0. The van der Waals surface area contributed by atoms with Crippen molar-refractivity contribution in [3.05, 3.63) is 35.6 Å². The number of likely N-dealkylation sites (tertiary alicyclic amines) is 1. The second-order valence-electron chi connectivity index (χ2n) is 5.15. The largest absolute Gasteiger partial charge is 0.481 e. The van der Waals surface area contributed by atoms with Gasteiger partial charge in [-0.3, -0.25) is 9.69 Å². The lowest BCUT2D eigenvalue weighted by atomic mass is 9.89. The van der Waals surface area contributed by atoms with Gasteiger partial charge in [-0.1, -0.05) is 12.1 Å². The predicted molar refractivity (Wildman–Crippen MR) is 67.0 cm³/mol. The molecule has 1 heterocycles. The minimum atomic E-state index is -0.771. The SMILES string of the molecule is CC(C)N1C[C@@H](C(=O)O)[C@H](c2ccc(F)cc2)C1. The summed E-state index contributed by atoms with van der Waals surface area (Å²) in [6.45, 7) is 5.41. The normalized spacial score (nSPS) is 24.7. The highest BCUT2D eigenvalue weighted by Crippen LogP contribution is 2.33. The van der Waals surface area contributed by atoms with E-state index in [9.17, 15) is 14.3 Å². The molecule has 1 N–H and O–H groups in total. The molecule has 1 aromatic rings. The van der Waals surface area contributed by atoms with E-state index >= 15 is 0 Å². The topological polar surface area (TPSA) is 40.5 Å². The molecule has 0 saturated carbocycles. The van der Waals surface area contributed by atoms with Crippen LogP contribution in [0.5, 0.6) is 0 Å². The lowest BCUT2D eigenvalue weighted by Gasteiger charge is -2.20. The molecule has 0 bridgehead atoms. The summed E-state index contributed by atoms with van der Waals surface area (Å²) in [4.78, 5) is 13.5. The summed E-state index contributed by atoms with van der Waals surface area (Å²) in [5.74, 6) is -1.51. The molecule has 2 atom stereocenters. The fraction of sp³-hybridized carbons (Fsp3) is 0.500. The minimum Gasteiger partial charge on any atom is -0.481 e. The van der Waals surface area contributed by atoms with E-state index < -0.39 is 11.9 Å². The van der Waals surface area contributed by atoms with Gasteiger partial charge >= 0.3 is 5.97 Å². The molecule has 18 heavy (non-hydrogen) atoms. The number of hydrogen-bond donors (Lipinski definition) is 1. The van der Waals surface area contributed by atoms with E-state index in [1.165, 1.54) is 12.1 Å². The van der Waals surface area contributed by atoms with Crippen molar-refractivity contribution in [1.82, 2.24) is 4.90 Å². The third-order valence-electron chi connectivity index (χ3n) is 3.69. The van der Waals surface area contributed by atoms with Gasteiger partial charge in [0.05, 0.1) is 5.92 Å². The lowest BCUT2D eigenvalue weighted by molar-refractivity contribution is -0.141. The molecule has 3 nitrogen and oxygen atoms in total. The van der Waals surface area contributed by atoms with Crippen LogP contribution in [-0.2, 0) is 4.79 Å². The summed E-state index contributed by atoms with van der Waals surface area (Å²) < 4.78 is 12.9. The van der Waals surface area contributed by atoms with Gasteiger partial charge in [0.15, 0.2) is 0 Å². The quantitative estimate of drug-likeness (QED) is 0.896. The van der Waals surface area contributed by atoms with Crippen LogP contribution in [0.4, 0.5) is 4.39 Å². The number of aliphatic carboxylic acids is 1. The van der Waals surface area contributed by atoms with Gasteiger partial charge in [-0.25, -0.2) is 4.39 Å². The van der Waals surface area contributed by atoms with Crippen molar-refractivity contribution in [2.24, 2.45) is 5.92 Å². The van der Waals surface area contributed by atoms with Crippen LogP contribution < -0.4 is 0 Å². The summed E-state index contributed by atoms with van der Waals surface area (Å²) in [7, 11) is 0. The fourth-order valence-corrected chi connectivity index (χ4v) is 2.55. The van der Waals surface area contributed by atoms with Crippen LogP contribution in [0.1, 0.15) is 25.3 Å². The van der Waals surface area contributed by atoms with Crippen molar-refractivity contribution in [2.75, 3.05) is 13.1 Å². The average molecular weight is 251 g/mol. The number of hydrogen-bond acceptors (Lipinski definition) is 2. The van der Waals surface area contributed by atoms with Crippen LogP contribution in [0.3, 0.4) is 0 Å². The maximum atomic E-state index is 12.9. The highest BCUT2D eigenvalue weighted by molar-refractivity contribution is 5.72. The number of nitrogens with zero attached hydrogens (tertiary/aromatic N) is 1. The standard InChI is InChI=1S/C14H18FNO2/c1-9(2)16-7-12(13(8-16)14(17)18)10-3-5-11(15)6-4-10/h3-6,9,12-13H,7-8H2,1-2H3,(H,17,18)/t12-,13+/m0/s1. The Morgan fingerprint density at radius 3 is 2.44 bits per heavy atom. The Bertz CT molecular complexity index is 430. The zero-order valence-electron chi connectivity index (χ0n) is 10.6. The molecule has 1 aliphatic heterocycles. The molecular formula is C14H18FNO2. The van der Waals surface area contributed by atoms with Gasteiger partial charge in [0.2, 0.25) is 0 Å². The summed E-state index contributed by atoms with van der Waals surface area (Å²) in [5, 5.41) is 9.30. The van der Waals surface area contributed by atoms with E-state index in [1.807, 2.05) is 0 Å². The van der Waals surface area contributed by atoms with Crippen LogP contribution in [0.15, 0.2) is 24.3 Å². The number of carbonyl (C=O) groups is 1. The van der Waals surface area contributed by atoms with E-state index in [-0.39, 0.29) is 11.7 Å². The van der Waals surface area contributed by atoms with E-state index in [0.717, 1.165) is 12.1 Å². The lowest BCUT2D eigenvalue weighted by Crippen LogP contribution is -2.29. The Hall–Kier alpha value is -1.42. The molecule has 1 fully saturated rings. The second kappa shape index (κ2) is 5.06. The molecule has 1 saturated heterocycles. The maximum Gasteiger partial charge on any atom is 0.308 e. The molecule has 0 radical (unpaired) electrons. The van der Waals surface area contributed by atoms with Gasteiger partial charge in [0.25, 0.3) is 0 Å². The van der Waals surface area contributed by atoms with Gasteiger partial charge < -0.3 is 5.11 Å². The molecule has 98 valence electrons. The summed E-state index contributed by atoms with van der Waals surface area (Å²) in [5.41, 5.74) is 0.909. The van der Waals surface area contributed by atoms with E-state index in [0.29, 0.717) is 12.6 Å². The Labute approximate surface area is 106 Å². The Morgan fingerprint density at radius 1 is 1.33 bits per heavy atom. The fourth-order valence-electron chi connectivity index (χ4n) is 2.55. The number of benzene rings is 1. The second-order valence-corrected chi connectivity index (χ2v) is 5.15. The van der Waals surface area contributed by atoms with Crippen LogP contribution in [0.2, 0.25) is 0 Å². The van der Waals surface area contributed by atoms with Crippen LogP contribution >= 0.6 is 0 Å². The van der Waals surface area contributed by atoms with Crippen molar-refractivity contribution in [3.63, 3.8) is 0 Å². The Balaban J connectivity index is 2.24. The number of halogens is 1. The van der Waals surface area contributed by atoms with Crippen molar-refractivity contribution < 1.29 is 14.3 Å². The molecule has 4 heteroatoms. The number of carboxylic acids is 1. The Kier molecular flexibility index (Phi) is 3.66. The molecule has 0 unspecified atom stereocenters. The molecule has 0 aliphatic carbocycles. The third kappa shape index (κ3) is 2.53. The molecule has 0 spiro atoms. The first-order valence-electron chi connectivity index (χ1n) is 6.21. The Morgan fingerprint density at radius 2 is 1.94 bits per heavy atom. The average Bonchev–Trinajstić information content (AvgIpc) is 2.75. The number of rotatable bonds is 3. The van der Waals surface area contributed by atoms with Crippen LogP contribution in [0, 0.1) is 11.7 Å². The van der Waals surface area contributed by atoms with E-state index in [1.54, 1.807) is 12.1 Å². The van der Waals surface area contributed by atoms with Crippen molar-refractivity contribution >= 4 is 5.97 Å². The minimum absolute atomic E-state index is 0.0505. The van der Waals surface area contributed by atoms with Crippen molar-refractivity contribution in [3.8, 4) is 0 Å². The first-order chi connectivity index (χ1) is 8.49. The molecule has 2 rings (SSSR count). The van der Waals surface area contributed by atoms with Crippen molar-refractivity contribution in [1.29, 1.82) is 0 Å². The monoisotopic (exact) mass is 251 g/mol. The van der Waals surface area contributed by atoms with Gasteiger partial charge in [-0.2, -0.15) is 0 Å². The summed E-state index contributed by atoms with van der Waals surface area (Å²) >= 11 is 0. The van der Waals surface area contributed by atoms with Gasteiger partial charge in [0.1, 0.15) is 5.82 Å². The first-order valence-corrected chi connectivity index (χ1v) is 6.21. The van der Waals surface area contributed by atoms with Crippen molar-refractivity contribution in [2.45, 2.75) is 25.8 Å². The number of carboxylic acid groups (broad SMARTS) is 1. The molecule has 1 aromatic carbocycles. The van der Waals surface area contributed by atoms with Crippen LogP contribution in [-0.4, -0.2) is 35.1 Å². The summed E-state index contributed by atoms with van der Waals surface area (Å²) in [6.07, 6.45) is 0. The maximum absolute atomic E-state index is 12.9. The van der Waals surface area contributed by atoms with Gasteiger partial charge in [-0.15, -0.1) is 0 Å². The predicted octanol–water partition coefficient (Wildman–Crippen LogP) is 2.33. The highest BCUT2D eigenvalue weighted by atomic mass is 19.1. The summed E-state index contributed by atoms with van der Waals surface area (Å²) in [6, 6.07) is 6.51. The van der Waals surface area contributed by atoms with Crippen LogP contribution in [0.25, 0.3) is 0 Å². The zero-order chi connectivity index (χ0) is 13.3. The smallest absolute Gasteiger partial charge is 0.308 e. The highest BCUT2D eigenvalue weighted by Gasteiger charge is 2.39. The van der Waals surface area contributed by atoms with E-state index in [4.69, 9.17) is 0 Å². The molecule has 0 aromatic heterocycles. The molecular weight excluding hydrogens is 233 g/mol. The zero-order valence-corrected chi connectivity index (χ0v) is 10.6. The van der Waals surface area contributed by atoms with Gasteiger partial charge in [0, 0.05) is 25.0 Å². The molecule has 1 aliphatic rings. The third-order valence-corrected chi connectivity index (χ3v) is 3.69. The molecule has 0 amide bonds.